The van der Waals surface area contributed by atoms with E-state index in [4.69, 9.17) is 19.9 Å². The van der Waals surface area contributed by atoms with Crippen LogP contribution in [0.5, 0.6) is 0 Å². The Hall–Kier alpha value is -5.26. The minimum Gasteiger partial charge on any atom is -0.228 e. The molecule has 8 rings (SSSR count). The first-order valence-electron chi connectivity index (χ1n) is 13.5. The van der Waals surface area contributed by atoms with E-state index in [1.54, 1.807) is 11.3 Å². The maximum Gasteiger partial charge on any atom is 0.160 e. The Balaban J connectivity index is 1.26. The molecule has 3 heterocycles. The summed E-state index contributed by atoms with van der Waals surface area (Å²) in [4.78, 5) is 20.1. The van der Waals surface area contributed by atoms with Gasteiger partial charge in [-0.2, -0.15) is 0 Å². The lowest BCUT2D eigenvalue weighted by Crippen LogP contribution is -1.96. The molecule has 0 saturated carbocycles. The van der Waals surface area contributed by atoms with E-state index in [1.165, 1.54) is 4.70 Å². The summed E-state index contributed by atoms with van der Waals surface area (Å²) in [5, 5.41) is 2.19. The third kappa shape index (κ3) is 4.15. The van der Waals surface area contributed by atoms with Crippen LogP contribution in [0.25, 0.3) is 76.5 Å². The third-order valence-electron chi connectivity index (χ3n) is 7.32. The topological polar surface area (TPSA) is 51.6 Å². The summed E-state index contributed by atoms with van der Waals surface area (Å²) in [5.74, 6) is 1.40. The molecule has 192 valence electrons. The summed E-state index contributed by atoms with van der Waals surface area (Å²) in [5.41, 5.74) is 7.86. The Kier molecular flexibility index (Phi) is 5.61. The Bertz CT molecular complexity index is 2190. The molecule has 0 radical (unpaired) electrons. The van der Waals surface area contributed by atoms with Gasteiger partial charge in [0.2, 0.25) is 0 Å². The number of fused-ring (bicyclic) bond motifs is 4. The van der Waals surface area contributed by atoms with Crippen LogP contribution in [-0.2, 0) is 0 Å². The van der Waals surface area contributed by atoms with E-state index in [-0.39, 0.29) is 0 Å². The van der Waals surface area contributed by atoms with Gasteiger partial charge in [0.1, 0.15) is 0 Å². The number of thiophene rings is 1. The molecule has 0 aliphatic carbocycles. The molecule has 0 aliphatic heterocycles. The molecule has 0 bridgehead atoms. The molecule has 0 saturated heterocycles. The standard InChI is InChI=1S/C36H22N4S/c1-3-11-23(12-4-1)31-27-15-7-9-17-29(27)37-35(38-31)25-19-21-26(22-20-25)36-39-32(24-13-5-2-6-14-24)34-33(40-36)28-16-8-10-18-30(28)41-34/h1-22H. The molecule has 0 amide bonds. The monoisotopic (exact) mass is 542 g/mol. The van der Waals surface area contributed by atoms with E-state index < -0.39 is 0 Å². The average molecular weight is 543 g/mol. The molecule has 0 atom stereocenters. The number of aromatic nitrogens is 4. The second kappa shape index (κ2) is 9.73. The lowest BCUT2D eigenvalue weighted by molar-refractivity contribution is 1.22. The van der Waals surface area contributed by atoms with Crippen molar-refractivity contribution in [3.63, 3.8) is 0 Å². The smallest absolute Gasteiger partial charge is 0.160 e. The summed E-state index contributed by atoms with van der Waals surface area (Å²) in [7, 11) is 0. The maximum absolute atomic E-state index is 5.10. The number of hydrogen-bond donors (Lipinski definition) is 0. The van der Waals surface area contributed by atoms with Crippen molar-refractivity contribution in [1.82, 2.24) is 19.9 Å². The van der Waals surface area contributed by atoms with Gasteiger partial charge in [-0.25, -0.2) is 19.9 Å². The van der Waals surface area contributed by atoms with Gasteiger partial charge in [0, 0.05) is 37.7 Å². The van der Waals surface area contributed by atoms with Crippen molar-refractivity contribution in [2.45, 2.75) is 0 Å². The van der Waals surface area contributed by atoms with Gasteiger partial charge in [0.15, 0.2) is 11.6 Å². The maximum atomic E-state index is 5.10. The molecule has 0 N–H and O–H groups in total. The fourth-order valence-corrected chi connectivity index (χ4v) is 6.46. The summed E-state index contributed by atoms with van der Waals surface area (Å²) < 4.78 is 2.32. The largest absolute Gasteiger partial charge is 0.228 e. The number of rotatable bonds is 4. The van der Waals surface area contributed by atoms with Gasteiger partial charge in [-0.1, -0.05) is 121 Å². The molecular formula is C36H22N4S. The molecule has 0 fully saturated rings. The number of para-hydroxylation sites is 1. The van der Waals surface area contributed by atoms with Crippen LogP contribution in [0, 0.1) is 0 Å². The highest BCUT2D eigenvalue weighted by Gasteiger charge is 2.17. The predicted octanol–water partition coefficient (Wildman–Crippen LogP) is 9.46. The Morgan fingerprint density at radius 1 is 0.390 bits per heavy atom. The minimum absolute atomic E-state index is 0.694. The fraction of sp³-hybridized carbons (Fsp3) is 0. The van der Waals surface area contributed by atoms with Gasteiger partial charge >= 0.3 is 0 Å². The SMILES string of the molecule is c1ccc(-c2nc(-c3ccc(-c4nc(-c5ccccc5)c5sc6ccccc6c5n4)cc3)nc3ccccc23)cc1. The highest BCUT2D eigenvalue weighted by atomic mass is 32.1. The third-order valence-corrected chi connectivity index (χ3v) is 8.49. The lowest BCUT2D eigenvalue weighted by Gasteiger charge is -2.10. The van der Waals surface area contributed by atoms with Gasteiger partial charge in [-0.15, -0.1) is 11.3 Å². The van der Waals surface area contributed by atoms with Crippen LogP contribution in [-0.4, -0.2) is 19.9 Å². The molecular weight excluding hydrogens is 520 g/mol. The molecule has 41 heavy (non-hydrogen) atoms. The van der Waals surface area contributed by atoms with E-state index in [2.05, 4.69) is 91.0 Å². The predicted molar refractivity (Wildman–Crippen MR) is 170 cm³/mol. The Morgan fingerprint density at radius 3 is 1.63 bits per heavy atom. The molecule has 3 aromatic heterocycles. The zero-order chi connectivity index (χ0) is 27.2. The van der Waals surface area contributed by atoms with Crippen molar-refractivity contribution in [2.24, 2.45) is 0 Å². The van der Waals surface area contributed by atoms with Crippen molar-refractivity contribution >= 4 is 42.5 Å². The van der Waals surface area contributed by atoms with Crippen molar-refractivity contribution in [1.29, 1.82) is 0 Å². The molecule has 5 aromatic carbocycles. The van der Waals surface area contributed by atoms with E-state index in [0.29, 0.717) is 11.6 Å². The van der Waals surface area contributed by atoms with Crippen molar-refractivity contribution in [3.05, 3.63) is 133 Å². The molecule has 0 aliphatic rings. The quantitative estimate of drug-likeness (QED) is 0.222. The van der Waals surface area contributed by atoms with Crippen molar-refractivity contribution in [3.8, 4) is 45.3 Å². The first-order chi connectivity index (χ1) is 20.3. The second-order valence-corrected chi connectivity index (χ2v) is 10.9. The van der Waals surface area contributed by atoms with Gasteiger partial charge < -0.3 is 0 Å². The van der Waals surface area contributed by atoms with Crippen molar-refractivity contribution in [2.75, 3.05) is 0 Å². The molecule has 8 aromatic rings. The summed E-state index contributed by atoms with van der Waals surface area (Å²) in [6.45, 7) is 0. The molecule has 4 nitrogen and oxygen atoms in total. The van der Waals surface area contributed by atoms with Gasteiger partial charge in [0.25, 0.3) is 0 Å². The summed E-state index contributed by atoms with van der Waals surface area (Å²) >= 11 is 1.75. The highest BCUT2D eigenvalue weighted by molar-refractivity contribution is 7.26. The first kappa shape index (κ1) is 23.6. The van der Waals surface area contributed by atoms with E-state index in [9.17, 15) is 0 Å². The normalized spacial score (nSPS) is 11.4. The van der Waals surface area contributed by atoms with Crippen molar-refractivity contribution < 1.29 is 0 Å². The van der Waals surface area contributed by atoms with Crippen LogP contribution in [0.4, 0.5) is 0 Å². The highest BCUT2D eigenvalue weighted by Crippen LogP contribution is 2.39. The fourth-order valence-electron chi connectivity index (χ4n) is 5.30. The van der Waals surface area contributed by atoms with Crippen LogP contribution in [0.1, 0.15) is 0 Å². The first-order valence-corrected chi connectivity index (χ1v) is 14.3. The van der Waals surface area contributed by atoms with Crippen LogP contribution in [0.15, 0.2) is 133 Å². The number of hydrogen-bond acceptors (Lipinski definition) is 5. The Labute approximate surface area is 240 Å². The average Bonchev–Trinajstić information content (AvgIpc) is 3.43. The van der Waals surface area contributed by atoms with E-state index in [1.807, 2.05) is 42.5 Å². The summed E-state index contributed by atoms with van der Waals surface area (Å²) in [6, 6.07) is 45.5. The number of benzene rings is 5. The van der Waals surface area contributed by atoms with Crippen LogP contribution < -0.4 is 0 Å². The lowest BCUT2D eigenvalue weighted by atomic mass is 10.1. The van der Waals surface area contributed by atoms with E-state index >= 15 is 0 Å². The summed E-state index contributed by atoms with van der Waals surface area (Å²) in [6.07, 6.45) is 0. The number of nitrogens with zero attached hydrogens (tertiary/aromatic N) is 4. The Morgan fingerprint density at radius 2 is 0.927 bits per heavy atom. The van der Waals surface area contributed by atoms with Crippen LogP contribution >= 0.6 is 11.3 Å². The van der Waals surface area contributed by atoms with Gasteiger partial charge in [0.05, 0.1) is 27.1 Å². The molecule has 0 unspecified atom stereocenters. The second-order valence-electron chi connectivity index (χ2n) is 9.89. The van der Waals surface area contributed by atoms with Crippen LogP contribution in [0.2, 0.25) is 0 Å². The zero-order valence-corrected chi connectivity index (χ0v) is 22.7. The van der Waals surface area contributed by atoms with Crippen LogP contribution in [0.3, 0.4) is 0 Å². The molecule has 5 heteroatoms. The zero-order valence-electron chi connectivity index (χ0n) is 21.9. The van der Waals surface area contributed by atoms with Gasteiger partial charge in [-0.3, -0.25) is 0 Å². The van der Waals surface area contributed by atoms with E-state index in [0.717, 1.165) is 60.1 Å². The minimum atomic E-state index is 0.694. The molecule has 0 spiro atoms. The van der Waals surface area contributed by atoms with Gasteiger partial charge in [-0.05, 0) is 12.1 Å².